The Hall–Kier alpha value is -5.13. The Morgan fingerprint density at radius 1 is 1.09 bits per heavy atom. The summed E-state index contributed by atoms with van der Waals surface area (Å²) in [5.41, 5.74) is 1.14. The fourth-order valence-corrected chi connectivity index (χ4v) is 5.99. The number of imidazole rings is 1. The van der Waals surface area contributed by atoms with Gasteiger partial charge in [0.15, 0.2) is 29.1 Å². The van der Waals surface area contributed by atoms with Crippen molar-refractivity contribution in [3.05, 3.63) is 71.7 Å². The van der Waals surface area contributed by atoms with Crippen LogP contribution in [0.3, 0.4) is 0 Å². The molecule has 2 aromatic carbocycles. The summed E-state index contributed by atoms with van der Waals surface area (Å²) in [5.74, 6) is -2.76. The summed E-state index contributed by atoms with van der Waals surface area (Å²) >= 11 is 0. The number of fused-ring (bicyclic) bond motifs is 1. The Labute approximate surface area is 269 Å². The van der Waals surface area contributed by atoms with E-state index in [4.69, 9.17) is 10.00 Å². The normalized spacial score (nSPS) is 16.9. The average molecular weight is 645 g/mol. The number of aryl methyl sites for hydroxylation is 1. The van der Waals surface area contributed by atoms with Crippen LogP contribution in [0.15, 0.2) is 48.9 Å². The van der Waals surface area contributed by atoms with Gasteiger partial charge in [0.2, 0.25) is 5.82 Å². The zero-order chi connectivity index (χ0) is 33.3. The number of anilines is 2. The predicted molar refractivity (Wildman–Crippen MR) is 168 cm³/mol. The number of hydrogen-bond donors (Lipinski definition) is 3. The van der Waals surface area contributed by atoms with Crippen LogP contribution in [0.4, 0.5) is 20.3 Å². The van der Waals surface area contributed by atoms with Gasteiger partial charge < -0.3 is 30.3 Å². The number of nitrogens with zero attached hydrogens (tertiary/aromatic N) is 6. The molecule has 2 saturated heterocycles. The molecule has 3 N–H and O–H groups in total. The number of rotatable bonds is 7. The third-order valence-electron chi connectivity index (χ3n) is 8.64. The van der Waals surface area contributed by atoms with E-state index in [9.17, 15) is 19.1 Å². The minimum atomic E-state index is -1.35. The first-order valence-electron chi connectivity index (χ1n) is 15.4. The first-order valence-corrected chi connectivity index (χ1v) is 15.4. The summed E-state index contributed by atoms with van der Waals surface area (Å²) in [6.45, 7) is 5.89. The molecule has 0 spiro atoms. The van der Waals surface area contributed by atoms with Gasteiger partial charge in [0.25, 0.3) is 11.8 Å². The summed E-state index contributed by atoms with van der Waals surface area (Å²) < 4.78 is 36.6. The predicted octanol–water partition coefficient (Wildman–Crippen LogP) is 3.42. The molecular formula is C33H34F2N8O4. The number of carbonyl (C=O) groups excluding carboxylic acids is 2. The van der Waals surface area contributed by atoms with Crippen molar-refractivity contribution in [1.82, 2.24) is 29.5 Å². The van der Waals surface area contributed by atoms with Crippen molar-refractivity contribution < 1.29 is 28.2 Å². The highest BCUT2D eigenvalue weighted by atomic mass is 19.2. The molecular weight excluding hydrogens is 610 g/mol. The van der Waals surface area contributed by atoms with E-state index in [-0.39, 0.29) is 28.8 Å². The van der Waals surface area contributed by atoms with Crippen LogP contribution >= 0.6 is 0 Å². The van der Waals surface area contributed by atoms with Crippen molar-refractivity contribution in [2.75, 3.05) is 44.6 Å². The number of carbonyl (C=O) groups is 2. The van der Waals surface area contributed by atoms with Gasteiger partial charge in [0, 0.05) is 55.4 Å². The SMILES string of the molecule is Cc1cc(Nc2nccn3c(-c4ccc(O[C@@H](C)C#N)c(F)c4F)cnc23)ccc1C(=O)N1CCN(C(=O)C2(O)CCNCC2)CC1. The zero-order valence-corrected chi connectivity index (χ0v) is 26.0. The van der Waals surface area contributed by atoms with Gasteiger partial charge in [0.1, 0.15) is 11.7 Å². The van der Waals surface area contributed by atoms with Crippen LogP contribution in [-0.2, 0) is 4.79 Å². The molecule has 2 aliphatic rings. The summed E-state index contributed by atoms with van der Waals surface area (Å²) in [6, 6.07) is 9.73. The number of ether oxygens (including phenoxy) is 1. The Morgan fingerprint density at radius 2 is 1.81 bits per heavy atom. The minimum absolute atomic E-state index is 0.0461. The number of amides is 2. The number of piperidine rings is 1. The van der Waals surface area contributed by atoms with Crippen molar-refractivity contribution >= 4 is 29.0 Å². The number of aliphatic hydroxyl groups is 1. The number of nitriles is 1. The van der Waals surface area contributed by atoms with Crippen molar-refractivity contribution in [1.29, 1.82) is 5.26 Å². The fraction of sp³-hybridized carbons (Fsp3) is 0.364. The Morgan fingerprint density at radius 3 is 2.51 bits per heavy atom. The fourth-order valence-electron chi connectivity index (χ4n) is 5.99. The lowest BCUT2D eigenvalue weighted by Gasteiger charge is -2.40. The van der Waals surface area contributed by atoms with Crippen LogP contribution in [-0.4, -0.2) is 92.1 Å². The number of nitrogens with one attached hydrogen (secondary N) is 2. The summed E-state index contributed by atoms with van der Waals surface area (Å²) in [6.07, 6.45) is 4.29. The van der Waals surface area contributed by atoms with Gasteiger partial charge >= 0.3 is 0 Å². The Bertz CT molecular complexity index is 1880. The molecule has 0 aliphatic carbocycles. The standard InChI is InChI=1S/C33H34F2N8O4/c1-20-17-22(3-4-23(20)31(44)41-13-15-42(16-14-41)32(45)33(46)7-9-37-10-8-33)40-29-30-39-19-25(43(30)12-11-38-29)24-5-6-26(28(35)27(24)34)47-21(2)18-36/h3-6,11-12,17,19,21,37,46H,7-10,13-16H2,1-2H3,(H,38,40)/t21-/m0/s1. The summed E-state index contributed by atoms with van der Waals surface area (Å²) in [7, 11) is 0. The molecule has 0 saturated carbocycles. The molecule has 2 fully saturated rings. The lowest BCUT2D eigenvalue weighted by atomic mass is 9.90. The molecule has 0 radical (unpaired) electrons. The molecule has 0 unspecified atom stereocenters. The number of benzene rings is 2. The van der Waals surface area contributed by atoms with E-state index in [0.29, 0.717) is 74.8 Å². The van der Waals surface area contributed by atoms with E-state index >= 15 is 4.39 Å². The summed E-state index contributed by atoms with van der Waals surface area (Å²) in [5, 5.41) is 26.1. The topological polar surface area (TPSA) is 148 Å². The van der Waals surface area contributed by atoms with Crippen molar-refractivity contribution in [2.45, 2.75) is 38.4 Å². The minimum Gasteiger partial charge on any atom is -0.473 e. The van der Waals surface area contributed by atoms with Crippen LogP contribution in [0.25, 0.3) is 16.9 Å². The first-order chi connectivity index (χ1) is 22.6. The molecule has 2 aromatic heterocycles. The highest BCUT2D eigenvalue weighted by Crippen LogP contribution is 2.32. The molecule has 1 atom stereocenters. The highest BCUT2D eigenvalue weighted by Gasteiger charge is 2.41. The smallest absolute Gasteiger partial charge is 0.254 e. The second kappa shape index (κ2) is 12.9. The second-order valence-corrected chi connectivity index (χ2v) is 11.8. The molecule has 6 rings (SSSR count). The van der Waals surface area contributed by atoms with Crippen molar-refractivity contribution in [3.63, 3.8) is 0 Å². The van der Waals surface area contributed by atoms with Crippen LogP contribution in [0.1, 0.15) is 35.7 Å². The average Bonchev–Trinajstić information content (AvgIpc) is 3.51. The molecule has 0 bridgehead atoms. The first kappa shape index (κ1) is 31.8. The molecule has 4 aromatic rings. The maximum Gasteiger partial charge on any atom is 0.254 e. The van der Waals surface area contributed by atoms with Gasteiger partial charge in [0.05, 0.1) is 11.9 Å². The third kappa shape index (κ3) is 6.19. The van der Waals surface area contributed by atoms with Crippen LogP contribution in [0, 0.1) is 29.9 Å². The zero-order valence-electron chi connectivity index (χ0n) is 26.0. The van der Waals surface area contributed by atoms with E-state index < -0.39 is 23.3 Å². The number of piperazine rings is 1. The number of aromatic nitrogens is 3. The van der Waals surface area contributed by atoms with E-state index in [1.54, 1.807) is 32.5 Å². The van der Waals surface area contributed by atoms with Gasteiger partial charge in [-0.2, -0.15) is 9.65 Å². The number of hydrogen-bond acceptors (Lipinski definition) is 9. The van der Waals surface area contributed by atoms with E-state index in [0.717, 1.165) is 5.56 Å². The molecule has 14 heteroatoms. The van der Waals surface area contributed by atoms with Gasteiger partial charge in [-0.05, 0) is 75.7 Å². The molecule has 47 heavy (non-hydrogen) atoms. The number of halogens is 2. The van der Waals surface area contributed by atoms with Crippen LogP contribution < -0.4 is 15.4 Å². The quantitative estimate of drug-likeness (QED) is 0.275. The molecule has 12 nitrogen and oxygen atoms in total. The molecule has 244 valence electrons. The van der Waals surface area contributed by atoms with E-state index in [1.165, 1.54) is 31.5 Å². The van der Waals surface area contributed by atoms with Crippen molar-refractivity contribution in [2.24, 2.45) is 0 Å². The Balaban J connectivity index is 1.15. The van der Waals surface area contributed by atoms with Crippen LogP contribution in [0.2, 0.25) is 0 Å². The highest BCUT2D eigenvalue weighted by molar-refractivity contribution is 5.96. The monoisotopic (exact) mass is 644 g/mol. The second-order valence-electron chi connectivity index (χ2n) is 11.8. The molecule has 2 aliphatic heterocycles. The maximum atomic E-state index is 15.1. The van der Waals surface area contributed by atoms with E-state index in [2.05, 4.69) is 20.6 Å². The van der Waals surface area contributed by atoms with E-state index in [1.807, 2.05) is 19.1 Å². The molecule has 4 heterocycles. The van der Waals surface area contributed by atoms with Gasteiger partial charge in [-0.25, -0.2) is 14.4 Å². The van der Waals surface area contributed by atoms with Crippen LogP contribution in [0.5, 0.6) is 5.75 Å². The summed E-state index contributed by atoms with van der Waals surface area (Å²) in [4.78, 5) is 38.5. The van der Waals surface area contributed by atoms with Gasteiger partial charge in [-0.1, -0.05) is 0 Å². The Kier molecular flexibility index (Phi) is 8.76. The largest absolute Gasteiger partial charge is 0.473 e. The lowest BCUT2D eigenvalue weighted by molar-refractivity contribution is -0.155. The van der Waals surface area contributed by atoms with Gasteiger partial charge in [-0.3, -0.25) is 14.0 Å². The van der Waals surface area contributed by atoms with Gasteiger partial charge in [-0.15, -0.1) is 0 Å². The third-order valence-corrected chi connectivity index (χ3v) is 8.64. The lowest BCUT2D eigenvalue weighted by Crippen LogP contribution is -2.59. The maximum absolute atomic E-state index is 15.1. The van der Waals surface area contributed by atoms with Crippen molar-refractivity contribution in [3.8, 4) is 23.1 Å². The molecule has 2 amide bonds.